The Kier molecular flexibility index (Phi) is 5.94. The van der Waals surface area contributed by atoms with Crippen LogP contribution in [0.5, 0.6) is 0 Å². The number of aromatic nitrogens is 1. The molecule has 0 aliphatic carbocycles. The van der Waals surface area contributed by atoms with Gasteiger partial charge in [-0.3, -0.25) is 9.59 Å². The van der Waals surface area contributed by atoms with E-state index in [9.17, 15) is 9.59 Å². The standard InChI is InChI=1S/C26H29N3O2/c1-18-16-23(20(3)29(18)17-21-10-5-4-6-11-21)25(30)27-24-13-9-12-22(19(24)2)26(31)28-14-7-8-15-28/h4-6,9-13,16H,7-8,14-15,17H2,1-3H3,(H,27,30). The van der Waals surface area contributed by atoms with Crippen LogP contribution in [0.2, 0.25) is 0 Å². The number of rotatable bonds is 5. The first kappa shape index (κ1) is 20.9. The summed E-state index contributed by atoms with van der Waals surface area (Å²) in [5.41, 5.74) is 5.98. The van der Waals surface area contributed by atoms with Gasteiger partial charge in [-0.25, -0.2) is 0 Å². The van der Waals surface area contributed by atoms with Gasteiger partial charge in [0.15, 0.2) is 0 Å². The summed E-state index contributed by atoms with van der Waals surface area (Å²) in [6.07, 6.45) is 2.11. The van der Waals surface area contributed by atoms with Crippen LogP contribution in [-0.4, -0.2) is 34.4 Å². The van der Waals surface area contributed by atoms with Crippen LogP contribution in [0.25, 0.3) is 0 Å². The fourth-order valence-electron chi connectivity index (χ4n) is 4.32. The third kappa shape index (κ3) is 4.26. The van der Waals surface area contributed by atoms with Gasteiger partial charge in [0, 0.05) is 42.3 Å². The number of carbonyl (C=O) groups is 2. The highest BCUT2D eigenvalue weighted by Crippen LogP contribution is 2.24. The van der Waals surface area contributed by atoms with Crippen molar-refractivity contribution in [3.63, 3.8) is 0 Å². The van der Waals surface area contributed by atoms with E-state index in [0.29, 0.717) is 16.8 Å². The van der Waals surface area contributed by atoms with Crippen molar-refractivity contribution in [3.8, 4) is 0 Å². The molecule has 0 saturated carbocycles. The van der Waals surface area contributed by atoms with Crippen LogP contribution in [0.3, 0.4) is 0 Å². The molecule has 1 fully saturated rings. The summed E-state index contributed by atoms with van der Waals surface area (Å²) in [6, 6.07) is 17.7. The molecular formula is C26H29N3O2. The van der Waals surface area contributed by atoms with Gasteiger partial charge in [-0.05, 0) is 62.9 Å². The highest BCUT2D eigenvalue weighted by Gasteiger charge is 2.23. The molecule has 4 rings (SSSR count). The van der Waals surface area contributed by atoms with Crippen molar-refractivity contribution < 1.29 is 9.59 Å². The smallest absolute Gasteiger partial charge is 0.257 e. The molecule has 2 aromatic carbocycles. The lowest BCUT2D eigenvalue weighted by Gasteiger charge is -2.18. The Morgan fingerprint density at radius 2 is 1.61 bits per heavy atom. The molecule has 3 aromatic rings. The summed E-state index contributed by atoms with van der Waals surface area (Å²) in [4.78, 5) is 27.9. The molecule has 0 bridgehead atoms. The van der Waals surface area contributed by atoms with Gasteiger partial charge in [-0.2, -0.15) is 0 Å². The number of anilines is 1. The van der Waals surface area contributed by atoms with Gasteiger partial charge in [0.1, 0.15) is 0 Å². The zero-order valence-electron chi connectivity index (χ0n) is 18.4. The molecule has 1 aliphatic heterocycles. The van der Waals surface area contributed by atoms with E-state index >= 15 is 0 Å². The summed E-state index contributed by atoms with van der Waals surface area (Å²) < 4.78 is 2.16. The Labute approximate surface area is 183 Å². The lowest BCUT2D eigenvalue weighted by atomic mass is 10.0. The lowest BCUT2D eigenvalue weighted by molar-refractivity contribution is 0.0791. The van der Waals surface area contributed by atoms with Crippen molar-refractivity contribution in [1.82, 2.24) is 9.47 Å². The van der Waals surface area contributed by atoms with E-state index in [-0.39, 0.29) is 11.8 Å². The Morgan fingerprint density at radius 1 is 0.903 bits per heavy atom. The summed E-state index contributed by atoms with van der Waals surface area (Å²) in [5.74, 6) is -0.103. The van der Waals surface area contributed by atoms with Crippen molar-refractivity contribution in [3.05, 3.63) is 88.2 Å². The topological polar surface area (TPSA) is 54.3 Å². The van der Waals surface area contributed by atoms with Crippen LogP contribution < -0.4 is 5.32 Å². The Hall–Kier alpha value is -3.34. The van der Waals surface area contributed by atoms with E-state index in [2.05, 4.69) is 22.0 Å². The second-order valence-electron chi connectivity index (χ2n) is 8.29. The van der Waals surface area contributed by atoms with Crippen LogP contribution in [0.15, 0.2) is 54.6 Å². The van der Waals surface area contributed by atoms with Crippen molar-refractivity contribution in [2.75, 3.05) is 18.4 Å². The number of benzene rings is 2. The fourth-order valence-corrected chi connectivity index (χ4v) is 4.32. The molecule has 0 atom stereocenters. The average Bonchev–Trinajstić information content (AvgIpc) is 3.40. The Morgan fingerprint density at radius 3 is 2.32 bits per heavy atom. The summed E-state index contributed by atoms with van der Waals surface area (Å²) in [6.45, 7) is 8.24. The molecule has 0 spiro atoms. The normalized spacial score (nSPS) is 13.5. The van der Waals surface area contributed by atoms with Crippen LogP contribution in [0.4, 0.5) is 5.69 Å². The highest BCUT2D eigenvalue weighted by atomic mass is 16.2. The van der Waals surface area contributed by atoms with Crippen LogP contribution in [0.1, 0.15) is 56.1 Å². The van der Waals surface area contributed by atoms with Gasteiger partial charge in [-0.1, -0.05) is 36.4 Å². The summed E-state index contributed by atoms with van der Waals surface area (Å²) in [7, 11) is 0. The zero-order chi connectivity index (χ0) is 22.0. The number of aryl methyl sites for hydroxylation is 1. The maximum Gasteiger partial charge on any atom is 0.257 e. The number of likely N-dealkylation sites (tertiary alicyclic amines) is 1. The van der Waals surface area contributed by atoms with Gasteiger partial charge < -0.3 is 14.8 Å². The molecule has 1 N–H and O–H groups in total. The number of amides is 2. The van der Waals surface area contributed by atoms with E-state index in [1.54, 1.807) is 0 Å². The first-order chi connectivity index (χ1) is 15.0. The minimum Gasteiger partial charge on any atom is -0.344 e. The molecule has 31 heavy (non-hydrogen) atoms. The molecule has 2 amide bonds. The van der Waals surface area contributed by atoms with Crippen molar-refractivity contribution in [2.24, 2.45) is 0 Å². The quantitative estimate of drug-likeness (QED) is 0.641. The monoisotopic (exact) mass is 415 g/mol. The molecule has 1 aromatic heterocycles. The van der Waals surface area contributed by atoms with Crippen molar-refractivity contribution in [2.45, 2.75) is 40.2 Å². The largest absolute Gasteiger partial charge is 0.344 e. The maximum absolute atomic E-state index is 13.1. The first-order valence-electron chi connectivity index (χ1n) is 10.9. The second kappa shape index (κ2) is 8.80. The lowest BCUT2D eigenvalue weighted by Crippen LogP contribution is -2.28. The van der Waals surface area contributed by atoms with E-state index in [1.807, 2.05) is 68.1 Å². The molecule has 0 unspecified atom stereocenters. The van der Waals surface area contributed by atoms with Gasteiger partial charge in [0.25, 0.3) is 11.8 Å². The molecule has 1 saturated heterocycles. The number of nitrogens with zero attached hydrogens (tertiary/aromatic N) is 2. The van der Waals surface area contributed by atoms with Gasteiger partial charge in [0.05, 0.1) is 5.56 Å². The van der Waals surface area contributed by atoms with Crippen LogP contribution in [0, 0.1) is 20.8 Å². The maximum atomic E-state index is 13.1. The predicted molar refractivity (Wildman–Crippen MR) is 124 cm³/mol. The predicted octanol–water partition coefficient (Wildman–Crippen LogP) is 4.95. The number of hydrogen-bond acceptors (Lipinski definition) is 2. The minimum absolute atomic E-state index is 0.0483. The fraction of sp³-hybridized carbons (Fsp3) is 0.308. The van der Waals surface area contributed by atoms with Gasteiger partial charge in [0.2, 0.25) is 0 Å². The second-order valence-corrected chi connectivity index (χ2v) is 8.29. The average molecular weight is 416 g/mol. The highest BCUT2D eigenvalue weighted by molar-refractivity contribution is 6.07. The summed E-state index contributed by atoms with van der Waals surface area (Å²) >= 11 is 0. The molecule has 160 valence electrons. The van der Waals surface area contributed by atoms with Gasteiger partial charge >= 0.3 is 0 Å². The first-order valence-corrected chi connectivity index (χ1v) is 10.9. The molecule has 1 aliphatic rings. The molecule has 5 heteroatoms. The van der Waals surface area contributed by atoms with E-state index in [0.717, 1.165) is 49.4 Å². The Bertz CT molecular complexity index is 1110. The van der Waals surface area contributed by atoms with Crippen LogP contribution >= 0.6 is 0 Å². The zero-order valence-corrected chi connectivity index (χ0v) is 18.4. The Balaban J connectivity index is 1.56. The van der Waals surface area contributed by atoms with E-state index in [4.69, 9.17) is 0 Å². The number of nitrogens with one attached hydrogen (secondary N) is 1. The minimum atomic E-state index is -0.152. The van der Waals surface area contributed by atoms with Gasteiger partial charge in [-0.15, -0.1) is 0 Å². The van der Waals surface area contributed by atoms with E-state index < -0.39 is 0 Å². The van der Waals surface area contributed by atoms with E-state index in [1.165, 1.54) is 5.56 Å². The number of carbonyl (C=O) groups excluding carboxylic acids is 2. The van der Waals surface area contributed by atoms with Crippen molar-refractivity contribution in [1.29, 1.82) is 0 Å². The summed E-state index contributed by atoms with van der Waals surface area (Å²) in [5, 5.41) is 3.03. The third-order valence-corrected chi connectivity index (χ3v) is 6.21. The molecular weight excluding hydrogens is 386 g/mol. The third-order valence-electron chi connectivity index (χ3n) is 6.21. The van der Waals surface area contributed by atoms with Crippen molar-refractivity contribution >= 4 is 17.5 Å². The molecule has 2 heterocycles. The molecule has 5 nitrogen and oxygen atoms in total. The number of hydrogen-bond donors (Lipinski definition) is 1. The molecule has 0 radical (unpaired) electrons. The van der Waals surface area contributed by atoms with Crippen LogP contribution in [-0.2, 0) is 6.54 Å². The SMILES string of the molecule is Cc1c(NC(=O)c2cc(C)n(Cc3ccccc3)c2C)cccc1C(=O)N1CCCC1.